The molecule has 0 rings (SSSR count). The highest BCUT2D eigenvalue weighted by Gasteiger charge is 2.19. The van der Waals surface area contributed by atoms with Gasteiger partial charge in [-0.3, -0.25) is 4.79 Å². The minimum atomic E-state index is -0.259. The Hall–Kier alpha value is -1.05. The molecule has 0 fully saturated rings. The van der Waals surface area contributed by atoms with Crippen LogP contribution in [0.2, 0.25) is 0 Å². The lowest BCUT2D eigenvalue weighted by atomic mass is 9.94. The zero-order valence-corrected chi connectivity index (χ0v) is 6.89. The van der Waals surface area contributed by atoms with E-state index in [0.717, 1.165) is 12.8 Å². The average Bonchev–Trinajstić information content (AvgIpc) is 1.88. The predicted octanol–water partition coefficient (Wildman–Crippen LogP) is 1.55. The van der Waals surface area contributed by atoms with Crippen molar-refractivity contribution in [1.82, 2.24) is 5.32 Å². The third-order valence-corrected chi connectivity index (χ3v) is 1.54. The molecule has 1 N–H and O–H groups in total. The Labute approximate surface area is 68.0 Å². The van der Waals surface area contributed by atoms with E-state index in [-0.39, 0.29) is 5.54 Å². The summed E-state index contributed by atoms with van der Waals surface area (Å²) in [5.41, 5.74) is -0.259. The van der Waals surface area contributed by atoms with Gasteiger partial charge in [-0.1, -0.05) is 12.2 Å². The molecule has 11 heavy (non-hydrogen) atoms. The van der Waals surface area contributed by atoms with E-state index in [9.17, 15) is 4.79 Å². The maximum absolute atomic E-state index is 10.1. The van der Waals surface area contributed by atoms with Crippen LogP contribution in [0.1, 0.15) is 19.8 Å². The number of amides is 1. The molecule has 1 amide bonds. The van der Waals surface area contributed by atoms with Gasteiger partial charge in [-0.25, -0.2) is 0 Å². The lowest BCUT2D eigenvalue weighted by Crippen LogP contribution is -2.40. The van der Waals surface area contributed by atoms with E-state index >= 15 is 0 Å². The van der Waals surface area contributed by atoms with Crippen molar-refractivity contribution in [3.05, 3.63) is 25.3 Å². The monoisotopic (exact) mass is 152 g/mol. The van der Waals surface area contributed by atoms with Crippen molar-refractivity contribution in [1.29, 1.82) is 0 Å². The van der Waals surface area contributed by atoms with Gasteiger partial charge in [0.25, 0.3) is 0 Å². The summed E-state index contributed by atoms with van der Waals surface area (Å²) in [5.74, 6) is 0. The predicted molar refractivity (Wildman–Crippen MR) is 46.9 cm³/mol. The van der Waals surface area contributed by atoms with Crippen LogP contribution in [0, 0.1) is 0 Å². The molecular weight excluding hydrogens is 138 g/mol. The number of rotatable bonds is 6. The van der Waals surface area contributed by atoms with Crippen LogP contribution in [0.25, 0.3) is 0 Å². The standard InChI is InChI=1S/C9H14NO/c1-4-6-9(3,7-5-2)10-8-11/h4-5H,1-2,6-7H2,3H3,(H,10,11). The average molecular weight is 152 g/mol. The number of hydrogen-bond acceptors (Lipinski definition) is 1. The molecule has 0 aliphatic rings. The van der Waals surface area contributed by atoms with Gasteiger partial charge in [0.1, 0.15) is 0 Å². The van der Waals surface area contributed by atoms with E-state index in [1.165, 1.54) is 0 Å². The smallest absolute Gasteiger partial charge is 0.309 e. The Kier molecular flexibility index (Phi) is 4.27. The zero-order chi connectivity index (χ0) is 8.74. The van der Waals surface area contributed by atoms with Crippen LogP contribution in [0.4, 0.5) is 0 Å². The van der Waals surface area contributed by atoms with E-state index in [1.54, 1.807) is 18.6 Å². The molecule has 0 spiro atoms. The fourth-order valence-corrected chi connectivity index (χ4v) is 0.946. The normalized spacial score (nSPS) is 10.3. The summed E-state index contributed by atoms with van der Waals surface area (Å²) in [4.78, 5) is 10.1. The molecule has 0 bridgehead atoms. The Balaban J connectivity index is 4.09. The third kappa shape index (κ3) is 3.61. The molecule has 0 aliphatic carbocycles. The fourth-order valence-electron chi connectivity index (χ4n) is 0.946. The molecule has 0 saturated heterocycles. The van der Waals surface area contributed by atoms with E-state index in [0.29, 0.717) is 0 Å². The van der Waals surface area contributed by atoms with Crippen molar-refractivity contribution in [2.75, 3.05) is 0 Å². The van der Waals surface area contributed by atoms with Gasteiger partial charge >= 0.3 is 6.41 Å². The van der Waals surface area contributed by atoms with Crippen LogP contribution in [-0.4, -0.2) is 11.9 Å². The van der Waals surface area contributed by atoms with Crippen molar-refractivity contribution in [3.8, 4) is 0 Å². The van der Waals surface area contributed by atoms with Crippen molar-refractivity contribution in [3.63, 3.8) is 0 Å². The summed E-state index contributed by atoms with van der Waals surface area (Å²) in [6.07, 6.45) is 6.69. The van der Waals surface area contributed by atoms with Crippen LogP contribution in [0.3, 0.4) is 0 Å². The summed E-state index contributed by atoms with van der Waals surface area (Å²) in [7, 11) is 0. The van der Waals surface area contributed by atoms with Crippen molar-refractivity contribution in [2.45, 2.75) is 25.3 Å². The van der Waals surface area contributed by atoms with Gasteiger partial charge in [0.2, 0.25) is 0 Å². The first kappa shape index (κ1) is 9.95. The highest BCUT2D eigenvalue weighted by Crippen LogP contribution is 2.14. The van der Waals surface area contributed by atoms with Gasteiger partial charge in [-0.2, -0.15) is 0 Å². The zero-order valence-electron chi connectivity index (χ0n) is 6.89. The molecule has 61 valence electrons. The summed E-state index contributed by atoms with van der Waals surface area (Å²) in [6.45, 7) is 9.14. The summed E-state index contributed by atoms with van der Waals surface area (Å²) in [6, 6.07) is 0. The Morgan fingerprint density at radius 3 is 2.18 bits per heavy atom. The molecule has 0 aromatic carbocycles. The Bertz CT molecular complexity index is 125. The van der Waals surface area contributed by atoms with Gasteiger partial charge in [0, 0.05) is 5.54 Å². The first-order chi connectivity index (χ1) is 5.18. The van der Waals surface area contributed by atoms with Crippen LogP contribution in [-0.2, 0) is 4.79 Å². The molecule has 0 aromatic rings. The number of hydrogen-bond donors (Lipinski definition) is 1. The lowest BCUT2D eigenvalue weighted by molar-refractivity contribution is 0.408. The Morgan fingerprint density at radius 1 is 1.45 bits per heavy atom. The second-order valence-corrected chi connectivity index (χ2v) is 2.77. The maximum atomic E-state index is 10.1. The van der Waals surface area contributed by atoms with Crippen LogP contribution in [0.15, 0.2) is 25.3 Å². The second kappa shape index (κ2) is 4.72. The van der Waals surface area contributed by atoms with E-state index in [2.05, 4.69) is 18.5 Å². The van der Waals surface area contributed by atoms with Gasteiger partial charge in [-0.15, -0.1) is 13.2 Å². The molecular formula is C9H14NO. The number of nitrogens with one attached hydrogen (secondary N) is 1. The lowest BCUT2D eigenvalue weighted by Gasteiger charge is -2.25. The van der Waals surface area contributed by atoms with Gasteiger partial charge in [-0.05, 0) is 19.8 Å². The molecule has 2 heteroatoms. The molecule has 1 radical (unpaired) electrons. The molecule has 0 atom stereocenters. The molecule has 0 aromatic heterocycles. The first-order valence-electron chi connectivity index (χ1n) is 3.54. The summed E-state index contributed by atoms with van der Waals surface area (Å²) < 4.78 is 0. The van der Waals surface area contributed by atoms with Crippen LogP contribution in [0.5, 0.6) is 0 Å². The molecule has 0 saturated carbocycles. The minimum absolute atomic E-state index is 0.259. The maximum Gasteiger partial charge on any atom is 0.309 e. The third-order valence-electron chi connectivity index (χ3n) is 1.54. The van der Waals surface area contributed by atoms with Crippen LogP contribution >= 0.6 is 0 Å². The Morgan fingerprint density at radius 2 is 1.91 bits per heavy atom. The van der Waals surface area contributed by atoms with Gasteiger partial charge in [0.05, 0.1) is 0 Å². The minimum Gasteiger partial charge on any atom is -0.342 e. The number of carbonyl (C=O) groups excluding carboxylic acids is 1. The van der Waals surface area contributed by atoms with E-state index < -0.39 is 0 Å². The van der Waals surface area contributed by atoms with E-state index in [1.807, 2.05) is 6.92 Å². The van der Waals surface area contributed by atoms with Crippen molar-refractivity contribution >= 4 is 6.41 Å². The molecule has 2 nitrogen and oxygen atoms in total. The first-order valence-corrected chi connectivity index (χ1v) is 3.54. The fraction of sp³-hybridized carbons (Fsp3) is 0.444. The van der Waals surface area contributed by atoms with Crippen LogP contribution < -0.4 is 5.32 Å². The molecule has 0 heterocycles. The topological polar surface area (TPSA) is 29.1 Å². The second-order valence-electron chi connectivity index (χ2n) is 2.77. The van der Waals surface area contributed by atoms with Crippen molar-refractivity contribution in [2.24, 2.45) is 0 Å². The summed E-state index contributed by atoms with van der Waals surface area (Å²) in [5, 5.41) is 2.61. The molecule has 0 aliphatic heterocycles. The molecule has 0 unspecified atom stereocenters. The quantitative estimate of drug-likeness (QED) is 0.454. The SMILES string of the molecule is C=CCC(C)(CC=C)N[C]=O. The van der Waals surface area contributed by atoms with E-state index in [4.69, 9.17) is 0 Å². The summed E-state index contributed by atoms with van der Waals surface area (Å²) >= 11 is 0. The highest BCUT2D eigenvalue weighted by molar-refractivity contribution is 5.49. The largest absolute Gasteiger partial charge is 0.342 e. The van der Waals surface area contributed by atoms with Crippen molar-refractivity contribution < 1.29 is 4.79 Å². The van der Waals surface area contributed by atoms with Gasteiger partial charge < -0.3 is 5.32 Å². The van der Waals surface area contributed by atoms with Gasteiger partial charge in [0.15, 0.2) is 0 Å². The highest BCUT2D eigenvalue weighted by atomic mass is 16.1.